The van der Waals surface area contributed by atoms with Gasteiger partial charge in [0.25, 0.3) is 0 Å². The van der Waals surface area contributed by atoms with Crippen LogP contribution in [-0.2, 0) is 43.8 Å². The molecule has 0 fully saturated rings. The number of hydrogen-bond acceptors (Lipinski definition) is 7. The number of hydrogen-bond donors (Lipinski definition) is 4. The normalized spacial score (nSPS) is 12.8. The number of nitrogens with zero attached hydrogens (tertiary/aromatic N) is 1. The van der Waals surface area contributed by atoms with E-state index in [1.165, 1.54) is 35.5 Å². The summed E-state index contributed by atoms with van der Waals surface area (Å²) in [5.74, 6) is -0.788. The molecule has 1 aromatic heterocycles. The average molecular weight is 655 g/mol. The number of anilines is 1. The van der Waals surface area contributed by atoms with Crippen molar-refractivity contribution in [3.05, 3.63) is 132 Å². The van der Waals surface area contributed by atoms with Gasteiger partial charge in [0, 0.05) is 43.5 Å². The van der Waals surface area contributed by atoms with E-state index in [1.54, 1.807) is 0 Å². The Labute approximate surface area is 274 Å². The average Bonchev–Trinajstić information content (AvgIpc) is 3.50. The smallest absolute Gasteiger partial charge is 0.329 e. The molecule has 0 spiro atoms. The maximum Gasteiger partial charge on any atom is 0.329 e. The van der Waals surface area contributed by atoms with E-state index in [2.05, 4.69) is 15.8 Å². The summed E-state index contributed by atoms with van der Waals surface area (Å²) in [4.78, 5) is 32.4. The van der Waals surface area contributed by atoms with Gasteiger partial charge in [0.1, 0.15) is 0 Å². The number of rotatable bonds is 15. The molecule has 4 N–H and O–H groups in total. The molecule has 1 amide bonds. The standard InChI is InChI=1S/C36H38N4O6S/c1-26(41)46-39-30-17-19-31(20-18-30)47(44,45)40(24-28-12-6-3-7-13-28)25-35(42)34(22-27-10-4-2-5-11-27)38-36(43)21-16-29-23-37-33-15-9-8-14-32(29)33/h2-15,17-20,23,34-35,37,39,42H,16,21-22,24-25H2,1H3,(H,38,43)/t34-,35+/m0/s1. The summed E-state index contributed by atoms with van der Waals surface area (Å²) in [6.45, 7) is 0.973. The SMILES string of the molecule is CC(=O)ONc1ccc(S(=O)(=O)N(Cc2ccccc2)C[C@@H](O)[C@H](Cc2ccccc2)NC(=O)CCc2c[nH]c3ccccc23)cc1. The number of aromatic amines is 1. The Kier molecular flexibility index (Phi) is 11.0. The summed E-state index contributed by atoms with van der Waals surface area (Å²) in [6, 6.07) is 31.5. The molecule has 47 heavy (non-hydrogen) atoms. The summed E-state index contributed by atoms with van der Waals surface area (Å²) in [7, 11) is -4.12. The van der Waals surface area contributed by atoms with E-state index < -0.39 is 28.1 Å². The molecule has 0 aliphatic carbocycles. The lowest BCUT2D eigenvalue weighted by Gasteiger charge is -2.30. The summed E-state index contributed by atoms with van der Waals surface area (Å²) >= 11 is 0. The Bertz CT molecular complexity index is 1880. The fourth-order valence-corrected chi connectivity index (χ4v) is 6.81. The van der Waals surface area contributed by atoms with Gasteiger partial charge in [-0.3, -0.25) is 9.59 Å². The number of aromatic nitrogens is 1. The molecule has 11 heteroatoms. The van der Waals surface area contributed by atoms with Gasteiger partial charge in [-0.25, -0.2) is 13.9 Å². The third-order valence-corrected chi connectivity index (χ3v) is 9.63. The quantitative estimate of drug-likeness (QED) is 0.117. The van der Waals surface area contributed by atoms with Crippen LogP contribution in [0.15, 0.2) is 120 Å². The van der Waals surface area contributed by atoms with Crippen molar-refractivity contribution in [2.45, 2.75) is 49.8 Å². The number of fused-ring (bicyclic) bond motifs is 1. The highest BCUT2D eigenvalue weighted by Gasteiger charge is 2.31. The zero-order valence-corrected chi connectivity index (χ0v) is 26.8. The van der Waals surface area contributed by atoms with Gasteiger partial charge in [-0.15, -0.1) is 0 Å². The number of nitrogens with one attached hydrogen (secondary N) is 3. The predicted octanol–water partition coefficient (Wildman–Crippen LogP) is 4.97. The summed E-state index contributed by atoms with van der Waals surface area (Å²) in [6.07, 6.45) is 1.66. The minimum absolute atomic E-state index is 0.000248. The maximum atomic E-state index is 14.0. The van der Waals surface area contributed by atoms with Crippen molar-refractivity contribution in [3.63, 3.8) is 0 Å². The molecule has 5 rings (SSSR count). The number of aliphatic hydroxyl groups excluding tert-OH is 1. The lowest BCUT2D eigenvalue weighted by atomic mass is 10.00. The van der Waals surface area contributed by atoms with Crippen molar-refractivity contribution >= 4 is 38.5 Å². The first kappa shape index (κ1) is 33.4. The highest BCUT2D eigenvalue weighted by atomic mass is 32.2. The predicted molar refractivity (Wildman–Crippen MR) is 181 cm³/mol. The Morgan fingerprint density at radius 3 is 2.19 bits per heavy atom. The summed E-state index contributed by atoms with van der Waals surface area (Å²) in [5, 5.41) is 15.7. The largest absolute Gasteiger partial charge is 0.390 e. The van der Waals surface area contributed by atoms with E-state index in [9.17, 15) is 23.1 Å². The molecule has 0 aliphatic rings. The highest BCUT2D eigenvalue weighted by Crippen LogP contribution is 2.23. The Hall–Kier alpha value is -4.97. The van der Waals surface area contributed by atoms with Crippen LogP contribution in [-0.4, -0.2) is 53.4 Å². The van der Waals surface area contributed by atoms with Crippen LogP contribution in [0.3, 0.4) is 0 Å². The number of amides is 1. The molecule has 244 valence electrons. The Morgan fingerprint density at radius 1 is 0.872 bits per heavy atom. The highest BCUT2D eigenvalue weighted by molar-refractivity contribution is 7.89. The molecule has 2 atom stereocenters. The molecule has 0 saturated carbocycles. The number of para-hydroxylation sites is 1. The van der Waals surface area contributed by atoms with Gasteiger partial charge in [-0.05, 0) is 59.9 Å². The van der Waals surface area contributed by atoms with Crippen molar-refractivity contribution in [1.29, 1.82) is 0 Å². The molecule has 4 aromatic carbocycles. The third-order valence-electron chi connectivity index (χ3n) is 7.80. The van der Waals surface area contributed by atoms with Crippen LogP contribution in [0.1, 0.15) is 30.0 Å². The molecule has 0 saturated heterocycles. The van der Waals surface area contributed by atoms with Gasteiger partial charge in [0.2, 0.25) is 15.9 Å². The fourth-order valence-electron chi connectivity index (χ4n) is 5.36. The van der Waals surface area contributed by atoms with Crippen molar-refractivity contribution in [2.75, 3.05) is 12.0 Å². The lowest BCUT2D eigenvalue weighted by molar-refractivity contribution is -0.138. The van der Waals surface area contributed by atoms with Crippen LogP contribution in [0.4, 0.5) is 5.69 Å². The van der Waals surface area contributed by atoms with Crippen LogP contribution >= 0.6 is 0 Å². The number of benzene rings is 4. The maximum absolute atomic E-state index is 14.0. The number of H-pyrrole nitrogens is 1. The van der Waals surface area contributed by atoms with Crippen LogP contribution in [0, 0.1) is 0 Å². The minimum atomic E-state index is -4.12. The van der Waals surface area contributed by atoms with Crippen LogP contribution < -0.4 is 10.8 Å². The second-order valence-corrected chi connectivity index (χ2v) is 13.2. The molecule has 1 heterocycles. The molecular weight excluding hydrogens is 616 g/mol. The van der Waals surface area contributed by atoms with Crippen molar-refractivity contribution in [3.8, 4) is 0 Å². The van der Waals surface area contributed by atoms with E-state index >= 15 is 0 Å². The van der Waals surface area contributed by atoms with Crippen LogP contribution in [0.5, 0.6) is 0 Å². The van der Waals surface area contributed by atoms with E-state index in [1.807, 2.05) is 91.1 Å². The summed E-state index contributed by atoms with van der Waals surface area (Å²) in [5.41, 5.74) is 6.50. The topological polar surface area (TPSA) is 141 Å². The minimum Gasteiger partial charge on any atom is -0.390 e. The number of aryl methyl sites for hydroxylation is 1. The zero-order chi connectivity index (χ0) is 33.2. The number of aliphatic hydroxyl groups is 1. The van der Waals surface area contributed by atoms with Crippen LogP contribution in [0.2, 0.25) is 0 Å². The lowest BCUT2D eigenvalue weighted by Crippen LogP contribution is -2.50. The first-order chi connectivity index (χ1) is 22.7. The number of carbonyl (C=O) groups excluding carboxylic acids is 2. The summed E-state index contributed by atoms with van der Waals surface area (Å²) < 4.78 is 29.2. The van der Waals surface area contributed by atoms with Crippen molar-refractivity contribution in [2.24, 2.45) is 0 Å². The van der Waals surface area contributed by atoms with Crippen molar-refractivity contribution < 1.29 is 28.0 Å². The van der Waals surface area contributed by atoms with E-state index in [4.69, 9.17) is 4.84 Å². The second kappa shape index (κ2) is 15.5. The van der Waals surface area contributed by atoms with E-state index in [0.717, 1.165) is 27.6 Å². The Balaban J connectivity index is 1.36. The van der Waals surface area contributed by atoms with Gasteiger partial charge >= 0.3 is 5.97 Å². The first-order valence-corrected chi connectivity index (χ1v) is 16.8. The monoisotopic (exact) mass is 654 g/mol. The molecule has 0 radical (unpaired) electrons. The second-order valence-electron chi connectivity index (χ2n) is 11.3. The molecule has 10 nitrogen and oxygen atoms in total. The Morgan fingerprint density at radius 2 is 1.51 bits per heavy atom. The first-order valence-electron chi connectivity index (χ1n) is 15.3. The third kappa shape index (κ3) is 9.07. The fraction of sp³-hybridized carbons (Fsp3) is 0.222. The van der Waals surface area contributed by atoms with Gasteiger partial charge < -0.3 is 20.2 Å². The zero-order valence-electron chi connectivity index (χ0n) is 26.0. The molecule has 0 aliphatic heterocycles. The van der Waals surface area contributed by atoms with Gasteiger partial charge in [-0.1, -0.05) is 78.9 Å². The molecule has 0 bridgehead atoms. The van der Waals surface area contributed by atoms with E-state index in [-0.39, 0.29) is 30.3 Å². The van der Waals surface area contributed by atoms with Crippen molar-refractivity contribution in [1.82, 2.24) is 14.6 Å². The van der Waals surface area contributed by atoms with Gasteiger partial charge in [0.15, 0.2) is 0 Å². The number of sulfonamides is 1. The van der Waals surface area contributed by atoms with Gasteiger partial charge in [-0.2, -0.15) is 4.31 Å². The molecule has 5 aromatic rings. The van der Waals surface area contributed by atoms with Crippen LogP contribution in [0.25, 0.3) is 10.9 Å². The molecular formula is C36H38N4O6S. The van der Waals surface area contributed by atoms with Gasteiger partial charge in [0.05, 0.1) is 22.7 Å². The number of carbonyl (C=O) groups is 2. The molecule has 0 unspecified atom stereocenters. The van der Waals surface area contributed by atoms with E-state index in [0.29, 0.717) is 18.5 Å².